The molecular formula is C22H46O4Sn3. The van der Waals surface area contributed by atoms with E-state index in [4.69, 9.17) is 0 Å². The van der Waals surface area contributed by atoms with Gasteiger partial charge < -0.3 is 0 Å². The minimum atomic E-state index is -0.0295. The Morgan fingerprint density at radius 3 is 1.14 bits per heavy atom. The van der Waals surface area contributed by atoms with Gasteiger partial charge in [-0.3, -0.25) is 0 Å². The van der Waals surface area contributed by atoms with Gasteiger partial charge in [0.1, 0.15) is 0 Å². The fraction of sp³-hybridized carbons (Fsp3) is 0.909. The van der Waals surface area contributed by atoms with E-state index >= 15 is 0 Å². The first-order valence-corrected chi connectivity index (χ1v) is 19.1. The summed E-state index contributed by atoms with van der Waals surface area (Å²) in [6.07, 6.45) is 10.4. The van der Waals surface area contributed by atoms with Crippen molar-refractivity contribution < 1.29 is 15.7 Å². The standard InChI is InChI=1S/2C10H20O2.2CH3.3Sn.2H/c2*1-10(2,3)8-6-4-5-7-9(11)12;;;;;;;/h2*4-8H2,1-3H3,(H,11,12);2*1H3;;;;;/q;;;;;2*+1;;/p-2. The van der Waals surface area contributed by atoms with Gasteiger partial charge in [-0.25, -0.2) is 0 Å². The quantitative estimate of drug-likeness (QED) is 0.221. The van der Waals surface area contributed by atoms with Gasteiger partial charge in [-0.2, -0.15) is 0 Å². The summed E-state index contributed by atoms with van der Waals surface area (Å²) in [6, 6.07) is 0. The second-order valence-electron chi connectivity index (χ2n) is 9.72. The Morgan fingerprint density at radius 1 is 0.655 bits per heavy atom. The zero-order chi connectivity index (χ0) is 23.3. The van der Waals surface area contributed by atoms with Crippen LogP contribution in [-0.4, -0.2) is 79.0 Å². The van der Waals surface area contributed by atoms with Crippen LogP contribution in [0.2, 0.25) is 9.88 Å². The molecule has 0 aliphatic heterocycles. The molecule has 6 radical (unpaired) electrons. The molecule has 0 spiro atoms. The van der Waals surface area contributed by atoms with E-state index in [0.717, 1.165) is 25.7 Å². The summed E-state index contributed by atoms with van der Waals surface area (Å²) < 4.78 is 9.38. The maximum atomic E-state index is 10.8. The van der Waals surface area contributed by atoms with E-state index in [-0.39, 0.29) is 33.1 Å². The summed E-state index contributed by atoms with van der Waals surface area (Å²) in [5, 5.41) is 0. The van der Waals surface area contributed by atoms with Crippen LogP contribution in [0.4, 0.5) is 0 Å². The predicted octanol–water partition coefficient (Wildman–Crippen LogP) is 5.47. The number of carbonyl (C=O) groups is 2. The molecule has 0 aliphatic carbocycles. The van der Waals surface area contributed by atoms with E-state index in [1.54, 1.807) is 0 Å². The minimum absolute atomic E-state index is 0.0295. The van der Waals surface area contributed by atoms with Gasteiger partial charge in [-0.15, -0.1) is 0 Å². The molecule has 0 atom stereocenters. The van der Waals surface area contributed by atoms with Crippen molar-refractivity contribution in [2.75, 3.05) is 0 Å². The van der Waals surface area contributed by atoms with Crippen LogP contribution in [-0.2, 0) is 15.7 Å². The molecule has 170 valence electrons. The third-order valence-corrected chi connectivity index (χ3v) is 5.38. The van der Waals surface area contributed by atoms with Gasteiger partial charge in [0.05, 0.1) is 0 Å². The maximum absolute atomic E-state index is 10.8. The topological polar surface area (TPSA) is 52.6 Å². The SMILES string of the molecule is CC(C)(C)CCCCCC(=O)[O][SnH].CC(C)(C)CCCCCC(=O)[O][SnH].[CH3][Sn][CH3]. The predicted molar refractivity (Wildman–Crippen MR) is 129 cm³/mol. The second-order valence-corrected chi connectivity index (χ2v) is 13.9. The Hall–Kier alpha value is 1.34. The van der Waals surface area contributed by atoms with E-state index in [1.165, 1.54) is 25.7 Å². The monoisotopic (exact) mass is 734 g/mol. The number of carbonyl (C=O) groups excluding carboxylic acids is 2. The average Bonchev–Trinajstić information content (AvgIpc) is 2.60. The molecule has 0 aliphatic rings. The summed E-state index contributed by atoms with van der Waals surface area (Å²) >= 11 is 1.42. The number of hydrogen-bond acceptors (Lipinski definition) is 4. The van der Waals surface area contributed by atoms with Crippen LogP contribution in [0.25, 0.3) is 0 Å². The Balaban J connectivity index is -0.000000410. The molecule has 29 heavy (non-hydrogen) atoms. The first-order chi connectivity index (χ1) is 13.3. The fourth-order valence-corrected chi connectivity index (χ4v) is 2.99. The van der Waals surface area contributed by atoms with Crippen molar-refractivity contribution >= 4 is 79.0 Å². The van der Waals surface area contributed by atoms with Gasteiger partial charge in [0.2, 0.25) is 0 Å². The third kappa shape index (κ3) is 40.3. The van der Waals surface area contributed by atoms with Crippen LogP contribution in [0.15, 0.2) is 0 Å². The molecule has 0 aromatic carbocycles. The number of unbranched alkanes of at least 4 members (excludes halogenated alkanes) is 4. The van der Waals surface area contributed by atoms with Crippen molar-refractivity contribution in [3.8, 4) is 0 Å². The summed E-state index contributed by atoms with van der Waals surface area (Å²) in [4.78, 5) is 26.2. The van der Waals surface area contributed by atoms with Crippen molar-refractivity contribution in [2.24, 2.45) is 10.8 Å². The van der Waals surface area contributed by atoms with Crippen molar-refractivity contribution in [2.45, 2.75) is 116 Å². The second kappa shape index (κ2) is 22.5. The van der Waals surface area contributed by atoms with Crippen LogP contribution in [0.1, 0.15) is 106 Å². The van der Waals surface area contributed by atoms with Crippen LogP contribution in [0, 0.1) is 10.8 Å². The molecule has 4 nitrogen and oxygen atoms in total. The number of hydrogen-bond donors (Lipinski definition) is 0. The molecule has 0 aromatic heterocycles. The van der Waals surface area contributed by atoms with Crippen LogP contribution < -0.4 is 0 Å². The summed E-state index contributed by atoms with van der Waals surface area (Å²) in [5.74, 6) is -0.0590. The van der Waals surface area contributed by atoms with Crippen LogP contribution in [0.5, 0.6) is 0 Å². The Labute approximate surface area is 219 Å². The molecule has 0 fully saturated rings. The molecule has 0 N–H and O–H groups in total. The van der Waals surface area contributed by atoms with Crippen molar-refractivity contribution in [1.29, 1.82) is 0 Å². The van der Waals surface area contributed by atoms with Gasteiger partial charge in [-0.1, -0.05) is 0 Å². The molecule has 0 rings (SSSR count). The molecule has 0 aromatic rings. The van der Waals surface area contributed by atoms with Crippen molar-refractivity contribution in [3.05, 3.63) is 0 Å². The van der Waals surface area contributed by atoms with Crippen LogP contribution in [0.3, 0.4) is 0 Å². The Bertz CT molecular complexity index is 352. The van der Waals surface area contributed by atoms with Crippen LogP contribution >= 0.6 is 0 Å². The van der Waals surface area contributed by atoms with Gasteiger partial charge >= 0.3 is 221 Å². The molecule has 0 amide bonds. The summed E-state index contributed by atoms with van der Waals surface area (Å²) in [5.41, 5.74) is 0.857. The van der Waals surface area contributed by atoms with E-state index in [2.05, 4.69) is 57.6 Å². The molecule has 0 bridgehead atoms. The molecular weight excluding hydrogens is 684 g/mol. The first kappa shape index (κ1) is 34.9. The molecule has 0 saturated carbocycles. The van der Waals surface area contributed by atoms with Crippen molar-refractivity contribution in [3.63, 3.8) is 0 Å². The Kier molecular flexibility index (Phi) is 27.1. The van der Waals surface area contributed by atoms with Gasteiger partial charge in [0.15, 0.2) is 0 Å². The van der Waals surface area contributed by atoms with E-state index in [9.17, 15) is 9.59 Å². The van der Waals surface area contributed by atoms with Gasteiger partial charge in [-0.05, 0) is 0 Å². The fourth-order valence-electron chi connectivity index (χ4n) is 2.32. The van der Waals surface area contributed by atoms with E-state index in [1.807, 2.05) is 0 Å². The third-order valence-electron chi connectivity index (χ3n) is 3.88. The summed E-state index contributed by atoms with van der Waals surface area (Å²) in [7, 11) is 0. The molecule has 7 heteroatoms. The summed E-state index contributed by atoms with van der Waals surface area (Å²) in [6.45, 7) is 13.5. The van der Waals surface area contributed by atoms with E-state index in [0.29, 0.717) is 69.5 Å². The first-order valence-electron chi connectivity index (χ1n) is 10.7. The molecule has 0 saturated heterocycles. The zero-order valence-corrected chi connectivity index (χ0v) is 29.8. The molecule has 0 unspecified atom stereocenters. The van der Waals surface area contributed by atoms with Crippen molar-refractivity contribution in [1.82, 2.24) is 0 Å². The zero-order valence-electron chi connectivity index (χ0n) is 20.4. The molecule has 0 heterocycles. The Morgan fingerprint density at radius 2 is 0.931 bits per heavy atom. The normalized spacial score (nSPS) is 10.8. The van der Waals surface area contributed by atoms with E-state index < -0.39 is 0 Å². The van der Waals surface area contributed by atoms with Gasteiger partial charge in [0, 0.05) is 0 Å². The average molecular weight is 731 g/mol. The van der Waals surface area contributed by atoms with Gasteiger partial charge in [0.25, 0.3) is 0 Å². The number of rotatable bonds is 10.